The van der Waals surface area contributed by atoms with Crippen molar-refractivity contribution in [3.63, 3.8) is 0 Å². The second kappa shape index (κ2) is 7.11. The molecule has 18 heavy (non-hydrogen) atoms. The van der Waals surface area contributed by atoms with E-state index in [1.165, 1.54) is 4.90 Å². The molecule has 1 aromatic carbocycles. The molecule has 0 bridgehead atoms. The van der Waals surface area contributed by atoms with Crippen LogP contribution < -0.4 is 4.74 Å². The van der Waals surface area contributed by atoms with Gasteiger partial charge in [0.25, 0.3) is 0 Å². The van der Waals surface area contributed by atoms with E-state index in [2.05, 4.69) is 36.3 Å². The highest BCUT2D eigenvalue weighted by atomic mass is 32.2. The van der Waals surface area contributed by atoms with Gasteiger partial charge in [-0.2, -0.15) is 5.10 Å². The second-order valence-electron chi connectivity index (χ2n) is 3.95. The fraction of sp³-hybridized carbons (Fsp3) is 0.357. The Morgan fingerprint density at radius 3 is 2.89 bits per heavy atom. The minimum absolute atomic E-state index is 0.706. The summed E-state index contributed by atoms with van der Waals surface area (Å²) in [6.07, 6.45) is 4.82. The van der Waals surface area contributed by atoms with Crippen molar-refractivity contribution < 1.29 is 4.74 Å². The summed E-state index contributed by atoms with van der Waals surface area (Å²) < 4.78 is 7.57. The Labute approximate surface area is 112 Å². The molecule has 0 amide bonds. The fourth-order valence-corrected chi connectivity index (χ4v) is 2.36. The Morgan fingerprint density at radius 1 is 1.28 bits per heavy atom. The SMILES string of the molecule is CCCn1cc(OCCSc2ccccc2)cn1. The standard InChI is InChI=1S/C14H18N2OS/c1-2-8-16-12-13(11-15-16)17-9-10-18-14-6-4-3-5-7-14/h3-7,11-12H,2,8-10H2,1H3. The maximum absolute atomic E-state index is 5.65. The summed E-state index contributed by atoms with van der Waals surface area (Å²) >= 11 is 1.80. The molecule has 1 aromatic heterocycles. The van der Waals surface area contributed by atoms with E-state index in [0.29, 0.717) is 6.61 Å². The molecular weight excluding hydrogens is 244 g/mol. The van der Waals surface area contributed by atoms with Crippen LogP contribution in [-0.4, -0.2) is 22.1 Å². The van der Waals surface area contributed by atoms with E-state index < -0.39 is 0 Å². The molecule has 0 fully saturated rings. The zero-order valence-electron chi connectivity index (χ0n) is 10.6. The number of benzene rings is 1. The molecule has 0 unspecified atom stereocenters. The van der Waals surface area contributed by atoms with Crippen LogP contribution in [-0.2, 0) is 6.54 Å². The van der Waals surface area contributed by atoms with Gasteiger partial charge >= 0.3 is 0 Å². The molecule has 0 radical (unpaired) electrons. The van der Waals surface area contributed by atoms with Crippen molar-refractivity contribution in [2.75, 3.05) is 12.4 Å². The van der Waals surface area contributed by atoms with Crippen LogP contribution in [0.2, 0.25) is 0 Å². The van der Waals surface area contributed by atoms with E-state index in [9.17, 15) is 0 Å². The summed E-state index contributed by atoms with van der Waals surface area (Å²) in [5.74, 6) is 1.81. The third-order valence-corrected chi connectivity index (χ3v) is 3.40. The molecule has 96 valence electrons. The Hall–Kier alpha value is -1.42. The van der Waals surface area contributed by atoms with Gasteiger partial charge in [-0.15, -0.1) is 11.8 Å². The summed E-state index contributed by atoms with van der Waals surface area (Å²) in [4.78, 5) is 1.28. The van der Waals surface area contributed by atoms with Crippen molar-refractivity contribution in [2.45, 2.75) is 24.8 Å². The van der Waals surface area contributed by atoms with Crippen LogP contribution in [0.5, 0.6) is 5.75 Å². The Balaban J connectivity index is 1.68. The lowest BCUT2D eigenvalue weighted by molar-refractivity contribution is 0.343. The van der Waals surface area contributed by atoms with Gasteiger partial charge in [0.1, 0.15) is 0 Å². The van der Waals surface area contributed by atoms with Crippen molar-refractivity contribution in [1.29, 1.82) is 0 Å². The monoisotopic (exact) mass is 262 g/mol. The van der Waals surface area contributed by atoms with E-state index in [0.717, 1.165) is 24.5 Å². The quantitative estimate of drug-likeness (QED) is 0.565. The van der Waals surface area contributed by atoms with Crippen LogP contribution in [0.1, 0.15) is 13.3 Å². The molecule has 0 aliphatic heterocycles. The van der Waals surface area contributed by atoms with E-state index in [1.807, 2.05) is 16.9 Å². The first-order valence-electron chi connectivity index (χ1n) is 6.21. The molecule has 0 saturated heterocycles. The summed E-state index contributed by atoms with van der Waals surface area (Å²) in [6, 6.07) is 10.4. The number of aromatic nitrogens is 2. The van der Waals surface area contributed by atoms with Gasteiger partial charge in [-0.3, -0.25) is 4.68 Å². The van der Waals surface area contributed by atoms with Gasteiger partial charge in [0.2, 0.25) is 0 Å². The van der Waals surface area contributed by atoms with Crippen molar-refractivity contribution in [3.8, 4) is 5.75 Å². The molecule has 3 nitrogen and oxygen atoms in total. The molecule has 2 rings (SSSR count). The summed E-state index contributed by atoms with van der Waals surface area (Å²) in [5.41, 5.74) is 0. The highest BCUT2D eigenvalue weighted by Gasteiger charge is 1.99. The lowest BCUT2D eigenvalue weighted by atomic mass is 10.4. The number of ether oxygens (including phenoxy) is 1. The topological polar surface area (TPSA) is 27.1 Å². The third-order valence-electron chi connectivity index (χ3n) is 2.43. The van der Waals surface area contributed by atoms with Gasteiger partial charge in [-0.05, 0) is 18.6 Å². The van der Waals surface area contributed by atoms with E-state index in [-0.39, 0.29) is 0 Å². The maximum Gasteiger partial charge on any atom is 0.157 e. The number of nitrogens with zero attached hydrogens (tertiary/aromatic N) is 2. The van der Waals surface area contributed by atoms with Crippen molar-refractivity contribution >= 4 is 11.8 Å². The maximum atomic E-state index is 5.65. The summed E-state index contributed by atoms with van der Waals surface area (Å²) in [6.45, 7) is 3.79. The minimum atomic E-state index is 0.706. The predicted molar refractivity (Wildman–Crippen MR) is 75.2 cm³/mol. The van der Waals surface area contributed by atoms with Gasteiger partial charge in [0, 0.05) is 17.2 Å². The first-order valence-corrected chi connectivity index (χ1v) is 7.20. The van der Waals surface area contributed by atoms with Crippen LogP contribution in [0.3, 0.4) is 0 Å². The van der Waals surface area contributed by atoms with Crippen molar-refractivity contribution in [2.24, 2.45) is 0 Å². The summed E-state index contributed by atoms with van der Waals surface area (Å²) in [7, 11) is 0. The van der Waals surface area contributed by atoms with Gasteiger partial charge in [0.15, 0.2) is 5.75 Å². The molecule has 1 heterocycles. The first kappa shape index (κ1) is 13.0. The first-order chi connectivity index (χ1) is 8.88. The van der Waals surface area contributed by atoms with E-state index in [4.69, 9.17) is 4.74 Å². The Kier molecular flexibility index (Phi) is 5.15. The number of aryl methyl sites for hydroxylation is 1. The normalized spacial score (nSPS) is 10.5. The van der Waals surface area contributed by atoms with Crippen molar-refractivity contribution in [3.05, 3.63) is 42.7 Å². The van der Waals surface area contributed by atoms with E-state index in [1.54, 1.807) is 18.0 Å². The lowest BCUT2D eigenvalue weighted by Gasteiger charge is -2.03. The highest BCUT2D eigenvalue weighted by molar-refractivity contribution is 7.99. The number of thioether (sulfide) groups is 1. The molecule has 0 aliphatic rings. The molecular formula is C14H18N2OS. The van der Waals surface area contributed by atoms with Crippen LogP contribution in [0.15, 0.2) is 47.6 Å². The van der Waals surface area contributed by atoms with Gasteiger partial charge < -0.3 is 4.74 Å². The number of hydrogen-bond acceptors (Lipinski definition) is 3. The van der Waals surface area contributed by atoms with Crippen LogP contribution in [0.4, 0.5) is 0 Å². The molecule has 0 spiro atoms. The average molecular weight is 262 g/mol. The van der Waals surface area contributed by atoms with Gasteiger partial charge in [-0.25, -0.2) is 0 Å². The van der Waals surface area contributed by atoms with Gasteiger partial charge in [0.05, 0.1) is 19.0 Å². The van der Waals surface area contributed by atoms with Crippen LogP contribution >= 0.6 is 11.8 Å². The minimum Gasteiger partial charge on any atom is -0.489 e. The highest BCUT2D eigenvalue weighted by Crippen LogP contribution is 2.17. The van der Waals surface area contributed by atoms with Crippen LogP contribution in [0, 0.1) is 0 Å². The zero-order valence-corrected chi connectivity index (χ0v) is 11.4. The Bertz CT molecular complexity index is 456. The number of rotatable bonds is 7. The fourth-order valence-electron chi connectivity index (χ4n) is 1.61. The Morgan fingerprint density at radius 2 is 2.11 bits per heavy atom. The molecule has 0 atom stereocenters. The number of hydrogen-bond donors (Lipinski definition) is 0. The predicted octanol–water partition coefficient (Wildman–Crippen LogP) is 3.46. The lowest BCUT2D eigenvalue weighted by Crippen LogP contribution is -1.99. The zero-order chi connectivity index (χ0) is 12.6. The molecule has 2 aromatic rings. The van der Waals surface area contributed by atoms with E-state index >= 15 is 0 Å². The molecule has 4 heteroatoms. The third kappa shape index (κ3) is 4.11. The molecule has 0 saturated carbocycles. The largest absolute Gasteiger partial charge is 0.489 e. The smallest absolute Gasteiger partial charge is 0.157 e. The molecule has 0 aliphatic carbocycles. The average Bonchev–Trinajstić information content (AvgIpc) is 2.84. The molecule has 0 N–H and O–H groups in total. The van der Waals surface area contributed by atoms with Crippen molar-refractivity contribution in [1.82, 2.24) is 9.78 Å². The summed E-state index contributed by atoms with van der Waals surface area (Å²) in [5, 5.41) is 4.23. The van der Waals surface area contributed by atoms with Crippen LogP contribution in [0.25, 0.3) is 0 Å². The van der Waals surface area contributed by atoms with Gasteiger partial charge in [-0.1, -0.05) is 25.1 Å². The second-order valence-corrected chi connectivity index (χ2v) is 5.12.